The Morgan fingerprint density at radius 1 is 1.16 bits per heavy atom. The van der Waals surface area contributed by atoms with Gasteiger partial charge in [-0.15, -0.1) is 0 Å². The summed E-state index contributed by atoms with van der Waals surface area (Å²) in [7, 11) is 1.87. The fraction of sp³-hybridized carbons (Fsp3) is 0.458. The second kappa shape index (κ2) is 8.18. The molecule has 4 heterocycles. The van der Waals surface area contributed by atoms with Crippen LogP contribution in [0.25, 0.3) is 22.2 Å². The Morgan fingerprint density at radius 2 is 1.84 bits per heavy atom. The fourth-order valence-corrected chi connectivity index (χ4v) is 4.67. The van der Waals surface area contributed by atoms with Gasteiger partial charge in [-0.25, -0.2) is 0 Å². The van der Waals surface area contributed by atoms with Crippen LogP contribution >= 0.6 is 0 Å². The van der Waals surface area contributed by atoms with Crippen LogP contribution in [0.2, 0.25) is 0 Å². The zero-order valence-electron chi connectivity index (χ0n) is 18.7. The maximum Gasteiger partial charge on any atom is 0.263 e. The highest BCUT2D eigenvalue weighted by molar-refractivity contribution is 5.95. The number of amides is 1. The van der Waals surface area contributed by atoms with Gasteiger partial charge in [0.15, 0.2) is 17.5 Å². The summed E-state index contributed by atoms with van der Waals surface area (Å²) in [5.41, 5.74) is 3.68. The molecule has 2 aromatic heterocycles. The number of rotatable bonds is 4. The van der Waals surface area contributed by atoms with Gasteiger partial charge in [0.1, 0.15) is 0 Å². The van der Waals surface area contributed by atoms with Gasteiger partial charge in [-0.1, -0.05) is 30.3 Å². The van der Waals surface area contributed by atoms with Crippen molar-refractivity contribution in [3.05, 3.63) is 42.1 Å². The van der Waals surface area contributed by atoms with E-state index in [1.807, 2.05) is 43.1 Å². The Hall–Kier alpha value is -2.97. The Labute approximate surface area is 187 Å². The third-order valence-corrected chi connectivity index (χ3v) is 6.33. The van der Waals surface area contributed by atoms with Crippen LogP contribution in [0.4, 0.5) is 0 Å². The molecule has 2 fully saturated rings. The molecule has 2 aliphatic rings. The maximum atomic E-state index is 13.1. The molecule has 0 bridgehead atoms. The molecule has 1 unspecified atom stereocenters. The molecule has 1 aromatic carbocycles. The number of nitrogens with zero attached hydrogens (tertiary/aromatic N) is 4. The third kappa shape index (κ3) is 3.73. The van der Waals surface area contributed by atoms with Crippen molar-refractivity contribution >= 4 is 16.9 Å². The summed E-state index contributed by atoms with van der Waals surface area (Å²) < 4.78 is 19.4. The molecular weight excluding hydrogens is 408 g/mol. The first-order chi connectivity index (χ1) is 15.5. The first-order valence-corrected chi connectivity index (χ1v) is 11.1. The summed E-state index contributed by atoms with van der Waals surface area (Å²) >= 11 is 0. The lowest BCUT2D eigenvalue weighted by atomic mass is 10.0. The van der Waals surface area contributed by atoms with E-state index in [0.717, 1.165) is 27.9 Å². The van der Waals surface area contributed by atoms with Crippen molar-refractivity contribution in [3.63, 3.8) is 0 Å². The lowest BCUT2D eigenvalue weighted by Crippen LogP contribution is -2.50. The standard InChI is InChI=1S/C24H28N4O4/c1-16-21-19(18-7-5-4-6-8-18)15-20(25-22(21)27(3)26-16)32-17(2)23(29)28-11-9-24(10-12-28)30-13-14-31-24/h4-8,15,17H,9-14H2,1-3H3. The topological polar surface area (TPSA) is 78.7 Å². The summed E-state index contributed by atoms with van der Waals surface area (Å²) in [6.45, 7) is 6.18. The van der Waals surface area contributed by atoms with Gasteiger partial charge in [0, 0.05) is 39.0 Å². The van der Waals surface area contributed by atoms with Gasteiger partial charge in [-0.3, -0.25) is 9.48 Å². The molecule has 0 aliphatic carbocycles. The van der Waals surface area contributed by atoms with Crippen LogP contribution in [0.5, 0.6) is 5.88 Å². The zero-order chi connectivity index (χ0) is 22.3. The smallest absolute Gasteiger partial charge is 0.263 e. The van der Waals surface area contributed by atoms with Crippen LogP contribution in [-0.4, -0.2) is 63.8 Å². The van der Waals surface area contributed by atoms with Crippen LogP contribution in [-0.2, 0) is 21.3 Å². The van der Waals surface area contributed by atoms with Crippen LogP contribution in [0, 0.1) is 6.92 Å². The molecule has 0 N–H and O–H groups in total. The molecule has 1 atom stereocenters. The van der Waals surface area contributed by atoms with Gasteiger partial charge in [-0.05, 0) is 25.0 Å². The largest absolute Gasteiger partial charge is 0.464 e. The van der Waals surface area contributed by atoms with Crippen molar-refractivity contribution in [2.45, 2.75) is 38.6 Å². The van der Waals surface area contributed by atoms with E-state index in [9.17, 15) is 4.79 Å². The summed E-state index contributed by atoms with van der Waals surface area (Å²) in [6.07, 6.45) is 0.710. The van der Waals surface area contributed by atoms with E-state index in [2.05, 4.69) is 22.2 Å². The zero-order valence-corrected chi connectivity index (χ0v) is 18.7. The molecule has 0 radical (unpaired) electrons. The van der Waals surface area contributed by atoms with Crippen molar-refractivity contribution < 1.29 is 19.0 Å². The van der Waals surface area contributed by atoms with Crippen LogP contribution < -0.4 is 4.74 Å². The number of likely N-dealkylation sites (tertiary alicyclic amines) is 1. The minimum absolute atomic E-state index is 0.0535. The molecule has 168 valence electrons. The molecule has 32 heavy (non-hydrogen) atoms. The molecule has 5 rings (SSSR count). The van der Waals surface area contributed by atoms with E-state index in [1.165, 1.54) is 0 Å². The number of fused-ring (bicyclic) bond motifs is 1. The van der Waals surface area contributed by atoms with Crippen molar-refractivity contribution in [2.75, 3.05) is 26.3 Å². The number of ether oxygens (including phenoxy) is 3. The van der Waals surface area contributed by atoms with Gasteiger partial charge in [-0.2, -0.15) is 10.1 Å². The minimum atomic E-state index is -0.655. The van der Waals surface area contributed by atoms with Crippen LogP contribution in [0.15, 0.2) is 36.4 Å². The Bertz CT molecular complexity index is 1130. The van der Waals surface area contributed by atoms with Crippen LogP contribution in [0.1, 0.15) is 25.5 Å². The molecule has 2 aliphatic heterocycles. The monoisotopic (exact) mass is 436 g/mol. The van der Waals surface area contributed by atoms with Crippen molar-refractivity contribution in [1.29, 1.82) is 0 Å². The lowest BCUT2D eigenvalue weighted by Gasteiger charge is -2.38. The highest BCUT2D eigenvalue weighted by Crippen LogP contribution is 2.34. The SMILES string of the molecule is Cc1nn(C)c2nc(OC(C)C(=O)N3CCC4(CC3)OCCO4)cc(-c3ccccc3)c12. The van der Waals surface area contributed by atoms with E-state index in [4.69, 9.17) is 14.2 Å². The maximum absolute atomic E-state index is 13.1. The molecule has 2 saturated heterocycles. The predicted octanol–water partition coefficient (Wildman–Crippen LogP) is 3.08. The number of hydrogen-bond donors (Lipinski definition) is 0. The van der Waals surface area contributed by atoms with E-state index >= 15 is 0 Å². The van der Waals surface area contributed by atoms with Gasteiger partial charge in [0.25, 0.3) is 5.91 Å². The number of aryl methyl sites for hydroxylation is 2. The van der Waals surface area contributed by atoms with E-state index in [0.29, 0.717) is 45.0 Å². The molecular formula is C24H28N4O4. The van der Waals surface area contributed by atoms with Gasteiger partial charge >= 0.3 is 0 Å². The van der Waals surface area contributed by atoms with E-state index in [1.54, 1.807) is 11.6 Å². The van der Waals surface area contributed by atoms with Gasteiger partial charge in [0.2, 0.25) is 5.88 Å². The number of carbonyl (C=O) groups is 1. The number of piperidine rings is 1. The van der Waals surface area contributed by atoms with Crippen molar-refractivity contribution in [2.24, 2.45) is 7.05 Å². The van der Waals surface area contributed by atoms with Crippen LogP contribution in [0.3, 0.4) is 0 Å². The quantitative estimate of drug-likeness (QED) is 0.626. The summed E-state index contributed by atoms with van der Waals surface area (Å²) in [5, 5.41) is 5.53. The number of carbonyl (C=O) groups excluding carboxylic acids is 1. The highest BCUT2D eigenvalue weighted by Gasteiger charge is 2.41. The van der Waals surface area contributed by atoms with Crippen molar-refractivity contribution in [3.8, 4) is 17.0 Å². The number of benzene rings is 1. The number of pyridine rings is 1. The van der Waals surface area contributed by atoms with E-state index in [-0.39, 0.29) is 5.91 Å². The lowest BCUT2D eigenvalue weighted by molar-refractivity contribution is -0.188. The van der Waals surface area contributed by atoms with E-state index < -0.39 is 11.9 Å². The second-order valence-corrected chi connectivity index (χ2v) is 8.47. The van der Waals surface area contributed by atoms with Crippen molar-refractivity contribution in [1.82, 2.24) is 19.7 Å². The average Bonchev–Trinajstić information content (AvgIpc) is 3.38. The number of aromatic nitrogens is 3. The first kappa shape index (κ1) is 20.9. The molecule has 8 nitrogen and oxygen atoms in total. The average molecular weight is 437 g/mol. The third-order valence-electron chi connectivity index (χ3n) is 6.33. The normalized spacial score (nSPS) is 18.9. The summed E-state index contributed by atoms with van der Waals surface area (Å²) in [6, 6.07) is 12.0. The molecule has 3 aromatic rings. The number of hydrogen-bond acceptors (Lipinski definition) is 6. The minimum Gasteiger partial charge on any atom is -0.464 e. The summed E-state index contributed by atoms with van der Waals surface area (Å²) in [5.74, 6) is -0.145. The fourth-order valence-electron chi connectivity index (χ4n) is 4.67. The van der Waals surface area contributed by atoms with Gasteiger partial charge < -0.3 is 19.1 Å². The molecule has 8 heteroatoms. The molecule has 0 saturated carbocycles. The first-order valence-electron chi connectivity index (χ1n) is 11.1. The summed E-state index contributed by atoms with van der Waals surface area (Å²) in [4.78, 5) is 19.6. The molecule has 1 spiro atoms. The predicted molar refractivity (Wildman–Crippen MR) is 119 cm³/mol. The Balaban J connectivity index is 1.38. The van der Waals surface area contributed by atoms with Gasteiger partial charge in [0.05, 0.1) is 24.3 Å². The second-order valence-electron chi connectivity index (χ2n) is 8.47. The molecule has 1 amide bonds. The Morgan fingerprint density at radius 3 is 2.53 bits per heavy atom. The highest BCUT2D eigenvalue weighted by atomic mass is 16.7. The Kier molecular flexibility index (Phi) is 5.35.